The summed E-state index contributed by atoms with van der Waals surface area (Å²) in [6, 6.07) is 2.73. The molecule has 0 heterocycles. The van der Waals surface area contributed by atoms with E-state index < -0.39 is 10.0 Å². The number of sulfonamides is 1. The Morgan fingerprint density at radius 3 is 2.38 bits per heavy atom. The van der Waals surface area contributed by atoms with E-state index in [9.17, 15) is 8.42 Å². The third-order valence-corrected chi connectivity index (χ3v) is 4.74. The van der Waals surface area contributed by atoms with Crippen LogP contribution < -0.4 is 4.72 Å². The van der Waals surface area contributed by atoms with Crippen molar-refractivity contribution in [1.82, 2.24) is 4.72 Å². The van der Waals surface area contributed by atoms with Crippen LogP contribution in [0.5, 0.6) is 0 Å². The van der Waals surface area contributed by atoms with Gasteiger partial charge >= 0.3 is 0 Å². The average molecular weight is 303 g/mol. The van der Waals surface area contributed by atoms with Gasteiger partial charge in [-0.15, -0.1) is 0 Å². The molecule has 0 saturated heterocycles. The molecule has 0 radical (unpaired) electrons. The molecular weight excluding hydrogens is 293 g/mol. The highest BCUT2D eigenvalue weighted by Crippen LogP contribution is 2.34. The quantitative estimate of drug-likeness (QED) is 0.867. The topological polar surface area (TPSA) is 46.2 Å². The zero-order valence-electron chi connectivity index (χ0n) is 8.43. The molecule has 3 nitrogen and oxygen atoms in total. The molecule has 0 fully saturated rings. The fraction of sp³-hybridized carbons (Fsp3) is 0.333. The van der Waals surface area contributed by atoms with E-state index in [1.165, 1.54) is 12.1 Å². The van der Waals surface area contributed by atoms with Gasteiger partial charge in [0.15, 0.2) is 0 Å². The average Bonchev–Trinajstić information content (AvgIpc) is 2.23. The lowest BCUT2D eigenvalue weighted by molar-refractivity contribution is 0.581. The van der Waals surface area contributed by atoms with Gasteiger partial charge < -0.3 is 0 Å². The molecule has 0 bridgehead atoms. The molecule has 0 amide bonds. The molecule has 1 rings (SSSR count). The monoisotopic (exact) mass is 301 g/mol. The lowest BCUT2D eigenvalue weighted by atomic mass is 10.4. The standard InChI is InChI=1S/C9H10Cl3NO2S/c1-2-5-13-16(14,15)7-4-3-6(10)8(11)9(7)12/h3-4,13H,2,5H2,1H3. The highest BCUT2D eigenvalue weighted by molar-refractivity contribution is 7.89. The third kappa shape index (κ3) is 3.02. The van der Waals surface area contributed by atoms with E-state index in [0.717, 1.165) is 0 Å². The number of hydrogen-bond donors (Lipinski definition) is 1. The summed E-state index contributed by atoms with van der Waals surface area (Å²) in [5.74, 6) is 0. The summed E-state index contributed by atoms with van der Waals surface area (Å²) in [4.78, 5) is -0.0583. The van der Waals surface area contributed by atoms with Crippen molar-refractivity contribution < 1.29 is 8.42 Å². The predicted octanol–water partition coefficient (Wildman–Crippen LogP) is 3.34. The van der Waals surface area contributed by atoms with Crippen LogP contribution in [0, 0.1) is 0 Å². The molecule has 0 aromatic heterocycles. The van der Waals surface area contributed by atoms with Gasteiger partial charge in [0.25, 0.3) is 0 Å². The molecule has 16 heavy (non-hydrogen) atoms. The van der Waals surface area contributed by atoms with E-state index in [-0.39, 0.29) is 20.0 Å². The van der Waals surface area contributed by atoms with Crippen LogP contribution in [0.3, 0.4) is 0 Å². The van der Waals surface area contributed by atoms with Gasteiger partial charge in [-0.3, -0.25) is 0 Å². The molecule has 90 valence electrons. The smallest absolute Gasteiger partial charge is 0.211 e. The van der Waals surface area contributed by atoms with Crippen molar-refractivity contribution >= 4 is 44.8 Å². The maximum atomic E-state index is 11.8. The van der Waals surface area contributed by atoms with E-state index in [4.69, 9.17) is 34.8 Å². The molecule has 7 heteroatoms. The van der Waals surface area contributed by atoms with Gasteiger partial charge in [-0.05, 0) is 18.6 Å². The van der Waals surface area contributed by atoms with Gasteiger partial charge in [-0.1, -0.05) is 41.7 Å². The normalized spacial score (nSPS) is 11.8. The first-order valence-corrected chi connectivity index (χ1v) is 7.15. The Balaban J connectivity index is 3.19. The van der Waals surface area contributed by atoms with Gasteiger partial charge in [0.05, 0.1) is 15.1 Å². The Morgan fingerprint density at radius 1 is 1.19 bits per heavy atom. The Labute approximate surface area is 110 Å². The molecular formula is C9H10Cl3NO2S. The molecule has 0 aliphatic rings. The van der Waals surface area contributed by atoms with Gasteiger partial charge in [-0.2, -0.15) is 0 Å². The summed E-state index contributed by atoms with van der Waals surface area (Å²) in [5, 5.41) is 0.210. The summed E-state index contributed by atoms with van der Waals surface area (Å²) in [5.41, 5.74) is 0. The second kappa shape index (κ2) is 5.56. The minimum absolute atomic E-state index is 0.0442. The molecule has 0 atom stereocenters. The van der Waals surface area contributed by atoms with Crippen molar-refractivity contribution in [1.29, 1.82) is 0 Å². The lowest BCUT2D eigenvalue weighted by Crippen LogP contribution is -2.24. The third-order valence-electron chi connectivity index (χ3n) is 1.83. The fourth-order valence-corrected chi connectivity index (χ4v) is 3.14. The summed E-state index contributed by atoms with van der Waals surface area (Å²) in [6.45, 7) is 2.21. The Morgan fingerprint density at radius 2 is 1.81 bits per heavy atom. The highest BCUT2D eigenvalue weighted by Gasteiger charge is 2.20. The van der Waals surface area contributed by atoms with Crippen LogP contribution in [0.4, 0.5) is 0 Å². The highest BCUT2D eigenvalue weighted by atomic mass is 35.5. The van der Waals surface area contributed by atoms with Crippen molar-refractivity contribution in [2.45, 2.75) is 18.2 Å². The number of rotatable bonds is 4. The van der Waals surface area contributed by atoms with E-state index in [1.54, 1.807) is 0 Å². The second-order valence-electron chi connectivity index (χ2n) is 3.07. The first kappa shape index (κ1) is 14.1. The van der Waals surface area contributed by atoms with Crippen LogP contribution in [0.1, 0.15) is 13.3 Å². The van der Waals surface area contributed by atoms with Crippen molar-refractivity contribution in [3.8, 4) is 0 Å². The summed E-state index contributed by atoms with van der Waals surface area (Å²) in [7, 11) is -3.62. The van der Waals surface area contributed by atoms with Crippen LogP contribution >= 0.6 is 34.8 Å². The fourth-order valence-electron chi connectivity index (χ4n) is 1.03. The zero-order chi connectivity index (χ0) is 12.3. The van der Waals surface area contributed by atoms with Crippen LogP contribution in [0.25, 0.3) is 0 Å². The molecule has 1 N–H and O–H groups in total. The number of hydrogen-bond acceptors (Lipinski definition) is 2. The van der Waals surface area contributed by atoms with Crippen LogP contribution in [-0.2, 0) is 10.0 Å². The van der Waals surface area contributed by atoms with E-state index in [0.29, 0.717) is 13.0 Å². The predicted molar refractivity (Wildman–Crippen MR) is 67.0 cm³/mol. The molecule has 0 saturated carbocycles. The first-order valence-electron chi connectivity index (χ1n) is 4.53. The van der Waals surface area contributed by atoms with E-state index >= 15 is 0 Å². The summed E-state index contributed by atoms with van der Waals surface area (Å²) >= 11 is 17.3. The van der Waals surface area contributed by atoms with Gasteiger partial charge in [0.2, 0.25) is 10.0 Å². The van der Waals surface area contributed by atoms with E-state index in [2.05, 4.69) is 4.72 Å². The minimum atomic E-state index is -3.62. The lowest BCUT2D eigenvalue weighted by Gasteiger charge is -2.09. The molecule has 1 aromatic carbocycles. The molecule has 0 aliphatic carbocycles. The molecule has 0 unspecified atom stereocenters. The van der Waals surface area contributed by atoms with Crippen LogP contribution in [0.15, 0.2) is 17.0 Å². The van der Waals surface area contributed by atoms with E-state index in [1.807, 2.05) is 6.92 Å². The number of halogens is 3. The van der Waals surface area contributed by atoms with Crippen LogP contribution in [0.2, 0.25) is 15.1 Å². The maximum absolute atomic E-state index is 11.8. The molecule has 0 spiro atoms. The summed E-state index contributed by atoms with van der Waals surface area (Å²) < 4.78 is 26.0. The maximum Gasteiger partial charge on any atom is 0.242 e. The van der Waals surface area contributed by atoms with Gasteiger partial charge in [0, 0.05) is 6.54 Å². The van der Waals surface area contributed by atoms with Crippen molar-refractivity contribution in [2.75, 3.05) is 6.54 Å². The van der Waals surface area contributed by atoms with Crippen molar-refractivity contribution in [3.05, 3.63) is 27.2 Å². The second-order valence-corrected chi connectivity index (χ2v) is 5.97. The van der Waals surface area contributed by atoms with Crippen molar-refractivity contribution in [3.63, 3.8) is 0 Å². The molecule has 0 aliphatic heterocycles. The Bertz CT molecular complexity index is 488. The molecule has 1 aromatic rings. The largest absolute Gasteiger partial charge is 0.242 e. The SMILES string of the molecule is CCCNS(=O)(=O)c1ccc(Cl)c(Cl)c1Cl. The first-order chi connectivity index (χ1) is 7.40. The number of nitrogens with one attached hydrogen (secondary N) is 1. The number of benzene rings is 1. The van der Waals surface area contributed by atoms with Gasteiger partial charge in [-0.25, -0.2) is 13.1 Å². The zero-order valence-corrected chi connectivity index (χ0v) is 11.5. The minimum Gasteiger partial charge on any atom is -0.211 e. The Kier molecular flexibility index (Phi) is 4.88. The van der Waals surface area contributed by atoms with Crippen molar-refractivity contribution in [2.24, 2.45) is 0 Å². The Hall–Kier alpha value is -0.000000000000000167. The van der Waals surface area contributed by atoms with Gasteiger partial charge in [0.1, 0.15) is 4.90 Å². The summed E-state index contributed by atoms with van der Waals surface area (Å²) in [6.07, 6.45) is 0.693. The van der Waals surface area contributed by atoms with Crippen LogP contribution in [-0.4, -0.2) is 15.0 Å².